The zero-order valence-corrected chi connectivity index (χ0v) is 16.7. The molecule has 3 nitrogen and oxygen atoms in total. The molecule has 2 aromatic carbocycles. The molecule has 1 N–H and O–H groups in total. The van der Waals surface area contributed by atoms with Gasteiger partial charge in [-0.05, 0) is 61.9 Å². The van der Waals surface area contributed by atoms with Crippen LogP contribution in [-0.4, -0.2) is 18.0 Å². The molecule has 0 unspecified atom stereocenters. The highest BCUT2D eigenvalue weighted by Gasteiger charge is 2.33. The van der Waals surface area contributed by atoms with Gasteiger partial charge in [0.2, 0.25) is 5.91 Å². The molecule has 1 saturated carbocycles. The number of fused-ring (bicyclic) bond motifs is 1. The Morgan fingerprint density at radius 2 is 1.81 bits per heavy atom. The van der Waals surface area contributed by atoms with Crippen LogP contribution < -0.4 is 10.2 Å². The van der Waals surface area contributed by atoms with E-state index in [1.54, 1.807) is 6.92 Å². The molecule has 0 spiro atoms. The van der Waals surface area contributed by atoms with Crippen molar-refractivity contribution in [2.24, 2.45) is 0 Å². The number of nitrogens with zero attached hydrogens (tertiary/aromatic N) is 1. The van der Waals surface area contributed by atoms with Crippen LogP contribution in [0.3, 0.4) is 0 Å². The summed E-state index contributed by atoms with van der Waals surface area (Å²) in [7, 11) is 0. The number of hydrogen-bond acceptors (Lipinski definition) is 2. The number of benzene rings is 2. The average Bonchev–Trinajstić information content (AvgIpc) is 3.14. The third kappa shape index (κ3) is 3.66. The third-order valence-corrected chi connectivity index (χ3v) is 6.16. The normalized spacial score (nSPS) is 22.7. The molecule has 3 heteroatoms. The van der Waals surface area contributed by atoms with E-state index in [1.807, 2.05) is 4.90 Å². The van der Waals surface area contributed by atoms with Gasteiger partial charge in [0.15, 0.2) is 0 Å². The van der Waals surface area contributed by atoms with Crippen LogP contribution >= 0.6 is 0 Å². The Kier molecular flexibility index (Phi) is 5.05. The summed E-state index contributed by atoms with van der Waals surface area (Å²) in [6.07, 6.45) is 6.17. The molecular formula is C24H30N2O. The zero-order chi connectivity index (χ0) is 19.0. The van der Waals surface area contributed by atoms with Crippen LogP contribution in [0.15, 0.2) is 42.5 Å². The fourth-order valence-electron chi connectivity index (χ4n) is 4.88. The second-order valence-corrected chi connectivity index (χ2v) is 8.32. The zero-order valence-electron chi connectivity index (χ0n) is 16.7. The number of carbonyl (C=O) groups is 1. The molecule has 142 valence electrons. The molecule has 2 atom stereocenters. The smallest absolute Gasteiger partial charge is 0.224 e. The van der Waals surface area contributed by atoms with Crippen molar-refractivity contribution >= 4 is 11.6 Å². The molecule has 1 amide bonds. The molecule has 1 fully saturated rings. The second-order valence-electron chi connectivity index (χ2n) is 8.32. The van der Waals surface area contributed by atoms with Gasteiger partial charge in [-0.3, -0.25) is 4.79 Å². The third-order valence-electron chi connectivity index (χ3n) is 6.16. The van der Waals surface area contributed by atoms with Crippen LogP contribution in [0.2, 0.25) is 0 Å². The Morgan fingerprint density at radius 3 is 2.52 bits per heavy atom. The van der Waals surface area contributed by atoms with Crippen molar-refractivity contribution in [1.82, 2.24) is 5.32 Å². The highest BCUT2D eigenvalue weighted by molar-refractivity contribution is 5.94. The molecule has 0 radical (unpaired) electrons. The van der Waals surface area contributed by atoms with Crippen LogP contribution in [0.25, 0.3) is 11.1 Å². The molecule has 1 aliphatic carbocycles. The monoisotopic (exact) mass is 362 g/mol. The maximum absolute atomic E-state index is 12.3. The van der Waals surface area contributed by atoms with Crippen LogP contribution in [0.4, 0.5) is 5.69 Å². The molecule has 0 saturated heterocycles. The standard InChI is InChI=1S/C24H30N2O/c1-16-7-6-8-19(13-16)20-11-12-24-22(15-20)23(25-21-9-4-5-10-21)14-17(2)26(24)18(3)27/h6-8,11-13,15,17,21,23,25H,4-5,9-10,14H2,1-3H3/t17-,23+/m0/s1. The van der Waals surface area contributed by atoms with E-state index in [-0.39, 0.29) is 11.9 Å². The lowest BCUT2D eigenvalue weighted by Gasteiger charge is -2.40. The number of aryl methyl sites for hydroxylation is 1. The molecule has 0 aromatic heterocycles. The fraction of sp³-hybridized carbons (Fsp3) is 0.458. The van der Waals surface area contributed by atoms with E-state index < -0.39 is 0 Å². The molecular weight excluding hydrogens is 332 g/mol. The molecule has 4 rings (SSSR count). The van der Waals surface area contributed by atoms with Crippen molar-refractivity contribution in [3.8, 4) is 11.1 Å². The minimum absolute atomic E-state index is 0.131. The Morgan fingerprint density at radius 1 is 1.07 bits per heavy atom. The minimum atomic E-state index is 0.131. The highest BCUT2D eigenvalue weighted by Crippen LogP contribution is 2.40. The van der Waals surface area contributed by atoms with Gasteiger partial charge >= 0.3 is 0 Å². The van der Waals surface area contributed by atoms with Crippen LogP contribution in [-0.2, 0) is 4.79 Å². The van der Waals surface area contributed by atoms with Crippen molar-refractivity contribution in [3.05, 3.63) is 53.6 Å². The van der Waals surface area contributed by atoms with Crippen LogP contribution in [0, 0.1) is 6.92 Å². The first kappa shape index (κ1) is 18.2. The van der Waals surface area contributed by atoms with Gasteiger partial charge in [0.1, 0.15) is 0 Å². The Hall–Kier alpha value is -2.13. The van der Waals surface area contributed by atoms with E-state index in [4.69, 9.17) is 0 Å². The summed E-state index contributed by atoms with van der Waals surface area (Å²) in [6, 6.07) is 16.4. The van der Waals surface area contributed by atoms with Gasteiger partial charge in [-0.25, -0.2) is 0 Å². The highest BCUT2D eigenvalue weighted by atomic mass is 16.2. The number of rotatable bonds is 3. The number of anilines is 1. The summed E-state index contributed by atoms with van der Waals surface area (Å²) in [6.45, 7) is 5.98. The molecule has 0 bridgehead atoms. The minimum Gasteiger partial charge on any atom is -0.309 e. The van der Waals surface area contributed by atoms with Crippen molar-refractivity contribution in [2.45, 2.75) is 71.0 Å². The Balaban J connectivity index is 1.75. The van der Waals surface area contributed by atoms with Crippen LogP contribution in [0.1, 0.15) is 63.1 Å². The first-order valence-electron chi connectivity index (χ1n) is 10.3. The molecule has 1 heterocycles. The second kappa shape index (κ2) is 7.47. The number of carbonyl (C=O) groups excluding carboxylic acids is 1. The van der Waals surface area contributed by atoms with E-state index in [2.05, 4.69) is 61.6 Å². The Bertz CT molecular complexity index is 838. The number of nitrogens with one attached hydrogen (secondary N) is 1. The van der Waals surface area contributed by atoms with Gasteiger partial charge in [0.05, 0.1) is 0 Å². The molecule has 1 aliphatic heterocycles. The van der Waals surface area contributed by atoms with Gasteiger partial charge in [0, 0.05) is 30.7 Å². The van der Waals surface area contributed by atoms with Gasteiger partial charge in [-0.15, -0.1) is 0 Å². The first-order chi connectivity index (χ1) is 13.0. The van der Waals surface area contributed by atoms with Crippen molar-refractivity contribution < 1.29 is 4.79 Å². The largest absolute Gasteiger partial charge is 0.309 e. The molecule has 27 heavy (non-hydrogen) atoms. The topological polar surface area (TPSA) is 32.3 Å². The summed E-state index contributed by atoms with van der Waals surface area (Å²) in [5, 5.41) is 3.92. The summed E-state index contributed by atoms with van der Waals surface area (Å²) >= 11 is 0. The lowest BCUT2D eigenvalue weighted by atomic mass is 9.88. The number of amides is 1. The van der Waals surface area contributed by atoms with Crippen molar-refractivity contribution in [1.29, 1.82) is 0 Å². The van der Waals surface area contributed by atoms with E-state index >= 15 is 0 Å². The van der Waals surface area contributed by atoms with E-state index in [0.29, 0.717) is 12.1 Å². The predicted octanol–water partition coefficient (Wildman–Crippen LogP) is 5.38. The average molecular weight is 363 g/mol. The lowest BCUT2D eigenvalue weighted by Crippen LogP contribution is -2.46. The van der Waals surface area contributed by atoms with Crippen molar-refractivity contribution in [3.63, 3.8) is 0 Å². The quantitative estimate of drug-likeness (QED) is 0.795. The van der Waals surface area contributed by atoms with Gasteiger partial charge in [-0.2, -0.15) is 0 Å². The van der Waals surface area contributed by atoms with Crippen LogP contribution in [0.5, 0.6) is 0 Å². The summed E-state index contributed by atoms with van der Waals surface area (Å²) in [4.78, 5) is 14.3. The molecule has 2 aliphatic rings. The maximum Gasteiger partial charge on any atom is 0.224 e. The SMILES string of the molecule is CC(=O)N1c2ccc(-c3cccc(C)c3)cc2[C@H](NC2CCCC2)C[C@@H]1C. The van der Waals surface area contributed by atoms with Gasteiger partial charge in [0.25, 0.3) is 0 Å². The Labute approximate surface area is 162 Å². The predicted molar refractivity (Wildman–Crippen MR) is 112 cm³/mol. The summed E-state index contributed by atoms with van der Waals surface area (Å²) in [5.74, 6) is 0.131. The summed E-state index contributed by atoms with van der Waals surface area (Å²) < 4.78 is 0. The number of hydrogen-bond donors (Lipinski definition) is 1. The van der Waals surface area contributed by atoms with Gasteiger partial charge < -0.3 is 10.2 Å². The van der Waals surface area contributed by atoms with Crippen molar-refractivity contribution in [2.75, 3.05) is 4.90 Å². The van der Waals surface area contributed by atoms with Gasteiger partial charge in [-0.1, -0.05) is 48.7 Å². The van der Waals surface area contributed by atoms with E-state index in [9.17, 15) is 4.79 Å². The molecule has 2 aromatic rings. The van der Waals surface area contributed by atoms with E-state index in [1.165, 1.54) is 47.9 Å². The fourth-order valence-corrected chi connectivity index (χ4v) is 4.88. The van der Waals surface area contributed by atoms with E-state index in [0.717, 1.165) is 12.1 Å². The first-order valence-corrected chi connectivity index (χ1v) is 10.3. The maximum atomic E-state index is 12.3. The lowest BCUT2D eigenvalue weighted by molar-refractivity contribution is -0.117. The summed E-state index contributed by atoms with van der Waals surface area (Å²) in [5.41, 5.74) is 6.09.